The number of aryl methyl sites for hydroxylation is 2. The summed E-state index contributed by atoms with van der Waals surface area (Å²) in [6, 6.07) is 4.86. The fourth-order valence-electron chi connectivity index (χ4n) is 2.61. The van der Waals surface area contributed by atoms with Crippen molar-refractivity contribution in [3.8, 4) is 0 Å². The second-order valence-corrected chi connectivity index (χ2v) is 6.24. The van der Waals surface area contributed by atoms with Crippen molar-refractivity contribution in [3.05, 3.63) is 56.8 Å². The minimum absolute atomic E-state index is 0.0823. The first-order valence-corrected chi connectivity index (χ1v) is 7.57. The number of thiophene rings is 1. The Morgan fingerprint density at radius 1 is 0.950 bits per heavy atom. The topological polar surface area (TPSA) is 17.1 Å². The van der Waals surface area contributed by atoms with Gasteiger partial charge in [0.05, 0.1) is 4.88 Å². The van der Waals surface area contributed by atoms with Gasteiger partial charge in [0.25, 0.3) is 0 Å². The molecule has 1 aliphatic carbocycles. The van der Waals surface area contributed by atoms with Crippen molar-refractivity contribution in [2.75, 3.05) is 0 Å². The van der Waals surface area contributed by atoms with Gasteiger partial charge in [0.1, 0.15) is 11.6 Å². The van der Waals surface area contributed by atoms with Gasteiger partial charge in [-0.05, 0) is 49.4 Å². The van der Waals surface area contributed by atoms with E-state index in [1.54, 1.807) is 0 Å². The van der Waals surface area contributed by atoms with Crippen LogP contribution in [0.5, 0.6) is 0 Å². The van der Waals surface area contributed by atoms with Crippen molar-refractivity contribution in [2.45, 2.75) is 32.1 Å². The molecule has 3 rings (SSSR count). The van der Waals surface area contributed by atoms with E-state index >= 15 is 0 Å². The van der Waals surface area contributed by atoms with Gasteiger partial charge in [-0.25, -0.2) is 8.78 Å². The Hall–Kier alpha value is -1.55. The van der Waals surface area contributed by atoms with Crippen molar-refractivity contribution < 1.29 is 13.6 Å². The van der Waals surface area contributed by atoms with Gasteiger partial charge < -0.3 is 0 Å². The third-order valence-electron chi connectivity index (χ3n) is 3.60. The summed E-state index contributed by atoms with van der Waals surface area (Å²) < 4.78 is 26.4. The van der Waals surface area contributed by atoms with Gasteiger partial charge in [0.2, 0.25) is 5.78 Å². The highest BCUT2D eigenvalue weighted by Gasteiger charge is 2.18. The zero-order valence-electron chi connectivity index (χ0n) is 10.9. The first-order valence-electron chi connectivity index (χ1n) is 6.76. The molecule has 1 nitrogen and oxygen atoms in total. The molecule has 2 aromatic rings. The summed E-state index contributed by atoms with van der Waals surface area (Å²) in [4.78, 5) is 14.2. The fourth-order valence-corrected chi connectivity index (χ4v) is 3.82. The Labute approximate surface area is 120 Å². The average molecular weight is 292 g/mol. The van der Waals surface area contributed by atoms with E-state index in [0.717, 1.165) is 43.9 Å². The van der Waals surface area contributed by atoms with Crippen LogP contribution < -0.4 is 0 Å². The number of benzene rings is 1. The molecular weight excluding hydrogens is 278 g/mol. The van der Waals surface area contributed by atoms with Gasteiger partial charge in [-0.3, -0.25) is 4.79 Å². The summed E-state index contributed by atoms with van der Waals surface area (Å²) in [6.07, 6.45) is 5.52. The fraction of sp³-hybridized carbons (Fsp3) is 0.312. The predicted octanol–water partition coefficient (Wildman–Crippen LogP) is 4.53. The number of hydrogen-bond acceptors (Lipinski definition) is 2. The molecule has 0 aliphatic heterocycles. The Balaban J connectivity index is 1.94. The van der Waals surface area contributed by atoms with Crippen molar-refractivity contribution in [1.82, 2.24) is 0 Å². The number of carbonyl (C=O) groups is 1. The van der Waals surface area contributed by atoms with Gasteiger partial charge in [-0.2, -0.15) is 0 Å². The third-order valence-corrected chi connectivity index (χ3v) is 4.83. The molecule has 20 heavy (non-hydrogen) atoms. The first kappa shape index (κ1) is 13.4. The third kappa shape index (κ3) is 2.66. The molecule has 0 radical (unpaired) electrons. The summed E-state index contributed by atoms with van der Waals surface area (Å²) in [5, 5.41) is 0. The lowest BCUT2D eigenvalue weighted by atomic mass is 10.1. The molecule has 0 amide bonds. The normalized spacial score (nSPS) is 14.7. The molecule has 1 aliphatic rings. The molecule has 0 unspecified atom stereocenters. The van der Waals surface area contributed by atoms with Crippen LogP contribution in [0.4, 0.5) is 8.78 Å². The lowest BCUT2D eigenvalue weighted by Crippen LogP contribution is -2.00. The van der Waals surface area contributed by atoms with Crippen LogP contribution in [0.25, 0.3) is 0 Å². The molecule has 1 aromatic heterocycles. The van der Waals surface area contributed by atoms with Crippen LogP contribution in [0.1, 0.15) is 44.9 Å². The Kier molecular flexibility index (Phi) is 3.66. The van der Waals surface area contributed by atoms with E-state index in [0.29, 0.717) is 4.88 Å². The SMILES string of the molecule is O=C(c1cc(F)cc(F)c1)c1cc2c(s1)CCCCC2. The minimum Gasteiger partial charge on any atom is -0.288 e. The minimum atomic E-state index is -0.716. The number of fused-ring (bicyclic) bond motifs is 1. The first-order chi connectivity index (χ1) is 9.63. The molecule has 0 fully saturated rings. The highest BCUT2D eigenvalue weighted by atomic mass is 32.1. The van der Waals surface area contributed by atoms with E-state index in [9.17, 15) is 13.6 Å². The lowest BCUT2D eigenvalue weighted by Gasteiger charge is -1.99. The maximum absolute atomic E-state index is 13.2. The second-order valence-electron chi connectivity index (χ2n) is 5.11. The van der Waals surface area contributed by atoms with Gasteiger partial charge in [-0.15, -0.1) is 11.3 Å². The maximum atomic E-state index is 13.2. The molecule has 0 saturated heterocycles. The molecule has 1 aromatic carbocycles. The van der Waals surface area contributed by atoms with E-state index in [-0.39, 0.29) is 11.3 Å². The quantitative estimate of drug-likeness (QED) is 0.587. The highest BCUT2D eigenvalue weighted by Crippen LogP contribution is 2.30. The number of ketones is 1. The highest BCUT2D eigenvalue weighted by molar-refractivity contribution is 7.14. The summed E-state index contributed by atoms with van der Waals surface area (Å²) >= 11 is 1.47. The van der Waals surface area contributed by atoms with Crippen molar-refractivity contribution >= 4 is 17.1 Å². The van der Waals surface area contributed by atoms with Gasteiger partial charge >= 0.3 is 0 Å². The number of hydrogen-bond donors (Lipinski definition) is 0. The molecule has 104 valence electrons. The van der Waals surface area contributed by atoms with Gasteiger partial charge in [-0.1, -0.05) is 6.42 Å². The zero-order valence-corrected chi connectivity index (χ0v) is 11.7. The summed E-state index contributed by atoms with van der Waals surface area (Å²) in [7, 11) is 0. The van der Waals surface area contributed by atoms with Crippen molar-refractivity contribution in [3.63, 3.8) is 0 Å². The lowest BCUT2D eigenvalue weighted by molar-refractivity contribution is 0.104. The maximum Gasteiger partial charge on any atom is 0.203 e. The molecule has 0 N–H and O–H groups in total. The molecule has 0 saturated carbocycles. The standard InChI is InChI=1S/C16H14F2OS/c17-12-6-11(7-13(18)9-12)16(19)15-8-10-4-2-1-3-5-14(10)20-15/h6-9H,1-5H2. The monoisotopic (exact) mass is 292 g/mol. The summed E-state index contributed by atoms with van der Waals surface area (Å²) in [6.45, 7) is 0. The summed E-state index contributed by atoms with van der Waals surface area (Å²) in [5.74, 6) is -1.72. The molecule has 1 heterocycles. The number of carbonyl (C=O) groups excluding carboxylic acids is 1. The van der Waals surface area contributed by atoms with E-state index in [1.807, 2.05) is 6.07 Å². The van der Waals surface area contributed by atoms with Crippen LogP contribution in [0.2, 0.25) is 0 Å². The Bertz CT molecular complexity index is 617. The second kappa shape index (κ2) is 5.44. The van der Waals surface area contributed by atoms with E-state index in [2.05, 4.69) is 0 Å². The van der Waals surface area contributed by atoms with Crippen LogP contribution in [-0.2, 0) is 12.8 Å². The number of halogens is 2. The number of rotatable bonds is 2. The van der Waals surface area contributed by atoms with Crippen LogP contribution in [0, 0.1) is 11.6 Å². The Morgan fingerprint density at radius 2 is 1.65 bits per heavy atom. The Morgan fingerprint density at radius 3 is 2.40 bits per heavy atom. The van der Waals surface area contributed by atoms with E-state index in [1.165, 1.54) is 28.2 Å². The molecular formula is C16H14F2OS. The largest absolute Gasteiger partial charge is 0.288 e. The predicted molar refractivity (Wildman–Crippen MR) is 75.4 cm³/mol. The van der Waals surface area contributed by atoms with Crippen LogP contribution in [0.3, 0.4) is 0 Å². The van der Waals surface area contributed by atoms with E-state index in [4.69, 9.17) is 0 Å². The van der Waals surface area contributed by atoms with Crippen LogP contribution >= 0.6 is 11.3 Å². The van der Waals surface area contributed by atoms with Gasteiger partial charge in [0.15, 0.2) is 0 Å². The average Bonchev–Trinajstić information content (AvgIpc) is 2.68. The van der Waals surface area contributed by atoms with Crippen molar-refractivity contribution in [1.29, 1.82) is 0 Å². The molecule has 4 heteroatoms. The molecule has 0 atom stereocenters. The van der Waals surface area contributed by atoms with Crippen LogP contribution in [0.15, 0.2) is 24.3 Å². The molecule has 0 spiro atoms. The smallest absolute Gasteiger partial charge is 0.203 e. The van der Waals surface area contributed by atoms with Crippen molar-refractivity contribution in [2.24, 2.45) is 0 Å². The molecule has 0 bridgehead atoms. The van der Waals surface area contributed by atoms with Gasteiger partial charge in [0, 0.05) is 16.5 Å². The van der Waals surface area contributed by atoms with E-state index < -0.39 is 11.6 Å². The van der Waals surface area contributed by atoms with Crippen LogP contribution in [-0.4, -0.2) is 5.78 Å². The zero-order chi connectivity index (χ0) is 14.1. The summed E-state index contributed by atoms with van der Waals surface area (Å²) in [5.41, 5.74) is 1.31.